The molecule has 81 valence electrons. The summed E-state index contributed by atoms with van der Waals surface area (Å²) >= 11 is 1.94. The molecule has 1 nitrogen and oxygen atoms in total. The van der Waals surface area contributed by atoms with E-state index in [9.17, 15) is 5.11 Å². The zero-order valence-electron chi connectivity index (χ0n) is 8.17. The van der Waals surface area contributed by atoms with Crippen LogP contribution < -0.4 is 4.46 Å². The summed E-state index contributed by atoms with van der Waals surface area (Å²) in [5.74, 6) is 0.429. The Morgan fingerprint density at radius 2 is 1.79 bits per heavy atom. The number of para-hydroxylation sites is 1. The molecule has 0 atom stereocenters. The van der Waals surface area contributed by atoms with Crippen molar-refractivity contribution in [2.45, 2.75) is 36.9 Å². The molecular weight excluding hydrogens is 224 g/mol. The van der Waals surface area contributed by atoms with Crippen molar-refractivity contribution < 1.29 is 20.1 Å². The van der Waals surface area contributed by atoms with Crippen molar-refractivity contribution in [3.8, 4) is 5.75 Å². The fourth-order valence-electron chi connectivity index (χ4n) is 1.75. The van der Waals surface area contributed by atoms with E-state index in [1.165, 1.54) is 32.1 Å². The Kier molecular flexibility index (Phi) is 3.49. The molecule has 0 radical (unpaired) electrons. The van der Waals surface area contributed by atoms with Gasteiger partial charge in [-0.25, -0.2) is 0 Å². The molecule has 1 aromatic carbocycles. The number of hydrogen-bond donors (Lipinski definition) is 1. The van der Waals surface area contributed by atoms with Gasteiger partial charge in [-0.3, -0.25) is 0 Å². The van der Waals surface area contributed by atoms with Gasteiger partial charge >= 0.3 is 91.5 Å². The van der Waals surface area contributed by atoms with Gasteiger partial charge in [0.05, 0.1) is 0 Å². The number of hydrogen-bond acceptors (Lipinski definition) is 1. The number of benzene rings is 1. The first kappa shape index (κ1) is 10.1. The van der Waals surface area contributed by atoms with Gasteiger partial charge < -0.3 is 0 Å². The molecule has 1 saturated carbocycles. The van der Waals surface area contributed by atoms with E-state index in [0.29, 0.717) is 10.6 Å². The van der Waals surface area contributed by atoms with Crippen molar-refractivity contribution in [2.75, 3.05) is 0 Å². The summed E-state index contributed by atoms with van der Waals surface area (Å²) < 4.78 is 1.03. The number of phenols is 1. The summed E-state index contributed by atoms with van der Waals surface area (Å²) in [6.07, 6.45) is 6.68. The van der Waals surface area contributed by atoms with Gasteiger partial charge in [0.1, 0.15) is 0 Å². The second-order valence-electron chi connectivity index (χ2n) is 3.67. The van der Waals surface area contributed by atoms with Crippen molar-refractivity contribution in [3.63, 3.8) is 0 Å². The van der Waals surface area contributed by atoms with E-state index in [2.05, 4.69) is 0 Å². The minimum absolute atomic E-state index is 0.429. The first-order valence-corrected chi connectivity index (χ1v) is 6.21. The van der Waals surface area contributed by atoms with Gasteiger partial charge in [-0.15, -0.1) is 0 Å². The Hall–Kier alpha value is -0.461. The Morgan fingerprint density at radius 1 is 1.07 bits per heavy atom. The minimum atomic E-state index is 0.429. The second-order valence-corrected chi connectivity index (χ2v) is 5.22. The normalized spacial score (nSPS) is 18.6. The molecule has 1 aromatic rings. The molecule has 0 aliphatic heterocycles. The molecular formula is C12H16CuO. The number of aromatic hydroxyl groups is 1. The van der Waals surface area contributed by atoms with Gasteiger partial charge in [-0.1, -0.05) is 0 Å². The van der Waals surface area contributed by atoms with Crippen LogP contribution in [-0.2, 0) is 15.0 Å². The van der Waals surface area contributed by atoms with Gasteiger partial charge in [-0.05, 0) is 0 Å². The molecule has 0 amide bonds. The molecule has 1 N–H and O–H groups in total. The summed E-state index contributed by atoms with van der Waals surface area (Å²) in [7, 11) is 0. The topological polar surface area (TPSA) is 20.2 Å². The third-order valence-corrected chi connectivity index (χ3v) is 4.15. The maximum absolute atomic E-state index is 9.62. The number of phenolic OH excluding ortho intramolecular Hbond substituents is 1. The molecule has 0 unspecified atom stereocenters. The Morgan fingerprint density at radius 3 is 2.50 bits per heavy atom. The molecule has 0 aromatic heterocycles. The summed E-state index contributed by atoms with van der Waals surface area (Å²) in [5, 5.41) is 9.62. The van der Waals surface area contributed by atoms with Gasteiger partial charge in [0.25, 0.3) is 0 Å². The van der Waals surface area contributed by atoms with Crippen LogP contribution in [0, 0.1) is 0 Å². The van der Waals surface area contributed by atoms with Crippen LogP contribution in [0.3, 0.4) is 0 Å². The van der Waals surface area contributed by atoms with E-state index >= 15 is 0 Å². The van der Waals surface area contributed by atoms with Crippen LogP contribution in [0.2, 0.25) is 4.82 Å². The standard InChI is InChI=1S/C6H5O.C6H11.Cu/c7-6-4-2-1-3-5-6;1-2-4-6-5-3-1;/h1-4,7H;1H,2-6H2;. The van der Waals surface area contributed by atoms with Crippen LogP contribution in [0.4, 0.5) is 0 Å². The maximum atomic E-state index is 9.62. The molecule has 1 fully saturated rings. The molecule has 0 bridgehead atoms. The van der Waals surface area contributed by atoms with E-state index in [0.717, 1.165) is 4.46 Å². The van der Waals surface area contributed by atoms with Crippen molar-refractivity contribution in [2.24, 2.45) is 0 Å². The van der Waals surface area contributed by atoms with Gasteiger partial charge in [0.15, 0.2) is 0 Å². The van der Waals surface area contributed by atoms with E-state index in [4.69, 9.17) is 0 Å². The molecule has 2 rings (SSSR count). The van der Waals surface area contributed by atoms with Gasteiger partial charge in [0, 0.05) is 0 Å². The Labute approximate surface area is 91.7 Å². The summed E-state index contributed by atoms with van der Waals surface area (Å²) in [5.41, 5.74) is 0. The summed E-state index contributed by atoms with van der Waals surface area (Å²) in [4.78, 5) is 0.709. The predicted molar refractivity (Wildman–Crippen MR) is 54.6 cm³/mol. The average molecular weight is 240 g/mol. The van der Waals surface area contributed by atoms with Crippen LogP contribution in [0.5, 0.6) is 5.75 Å². The molecule has 2 heteroatoms. The Bertz CT molecular complexity index is 292. The van der Waals surface area contributed by atoms with Crippen LogP contribution in [0.1, 0.15) is 32.1 Å². The third-order valence-electron chi connectivity index (χ3n) is 2.53. The van der Waals surface area contributed by atoms with E-state index in [1.54, 1.807) is 6.07 Å². The fourth-order valence-corrected chi connectivity index (χ4v) is 3.22. The number of rotatable bonds is 2. The first-order valence-electron chi connectivity index (χ1n) is 5.19. The van der Waals surface area contributed by atoms with Crippen LogP contribution in [0.15, 0.2) is 24.3 Å². The average Bonchev–Trinajstić information content (AvgIpc) is 2.23. The first-order chi connectivity index (χ1) is 6.86. The zero-order valence-corrected chi connectivity index (χ0v) is 9.11. The monoisotopic (exact) mass is 239 g/mol. The van der Waals surface area contributed by atoms with Crippen LogP contribution in [0.25, 0.3) is 0 Å². The predicted octanol–water partition coefficient (Wildman–Crippen LogP) is 2.85. The van der Waals surface area contributed by atoms with Crippen molar-refractivity contribution in [1.29, 1.82) is 0 Å². The van der Waals surface area contributed by atoms with Crippen molar-refractivity contribution in [1.82, 2.24) is 0 Å². The quantitative estimate of drug-likeness (QED) is 0.787. The van der Waals surface area contributed by atoms with E-state index in [-0.39, 0.29) is 0 Å². The zero-order chi connectivity index (χ0) is 9.80. The van der Waals surface area contributed by atoms with Gasteiger partial charge in [-0.2, -0.15) is 0 Å². The molecule has 0 spiro atoms. The summed E-state index contributed by atoms with van der Waals surface area (Å²) in [6, 6.07) is 7.63. The summed E-state index contributed by atoms with van der Waals surface area (Å²) in [6.45, 7) is 0. The second kappa shape index (κ2) is 4.86. The van der Waals surface area contributed by atoms with Crippen LogP contribution in [-0.4, -0.2) is 5.11 Å². The molecule has 1 aliphatic rings. The third kappa shape index (κ3) is 2.52. The van der Waals surface area contributed by atoms with Gasteiger partial charge in [0.2, 0.25) is 0 Å². The SMILES string of the molecule is Oc1cccc[c]1[Cu][CH]1CCCCC1. The van der Waals surface area contributed by atoms with E-state index in [1.807, 2.05) is 33.2 Å². The fraction of sp³-hybridized carbons (Fsp3) is 0.500. The van der Waals surface area contributed by atoms with Crippen LogP contribution >= 0.6 is 0 Å². The van der Waals surface area contributed by atoms with Crippen molar-refractivity contribution >= 4 is 4.46 Å². The molecule has 14 heavy (non-hydrogen) atoms. The van der Waals surface area contributed by atoms with E-state index < -0.39 is 0 Å². The molecule has 1 aliphatic carbocycles. The van der Waals surface area contributed by atoms with Crippen molar-refractivity contribution in [3.05, 3.63) is 24.3 Å². The molecule has 0 saturated heterocycles. The molecule has 0 heterocycles. The Balaban J connectivity index is 1.99.